The van der Waals surface area contributed by atoms with Crippen LogP contribution in [0.15, 0.2) is 4.52 Å². The zero-order valence-corrected chi connectivity index (χ0v) is 16.6. The summed E-state index contributed by atoms with van der Waals surface area (Å²) in [5, 5.41) is 3.86. The van der Waals surface area contributed by atoms with Crippen LogP contribution in [0, 0.1) is 18.8 Å². The maximum atomic E-state index is 12.7. The van der Waals surface area contributed by atoms with E-state index in [4.69, 9.17) is 4.52 Å². The van der Waals surface area contributed by atoms with Gasteiger partial charge in [-0.05, 0) is 38.0 Å². The Labute approximate surface area is 159 Å². The first kappa shape index (κ1) is 18.8. The van der Waals surface area contributed by atoms with E-state index in [1.54, 1.807) is 6.92 Å². The van der Waals surface area contributed by atoms with Gasteiger partial charge < -0.3 is 9.42 Å². The zero-order chi connectivity index (χ0) is 19.2. The van der Waals surface area contributed by atoms with Crippen LogP contribution in [-0.2, 0) is 21.4 Å². The number of fused-ring (bicyclic) bond motifs is 4. The van der Waals surface area contributed by atoms with Gasteiger partial charge in [0.05, 0.1) is 12.8 Å². The number of aryl methyl sites for hydroxylation is 1. The van der Waals surface area contributed by atoms with Gasteiger partial charge in [0.2, 0.25) is 21.8 Å². The number of nitrogens with one attached hydrogen (secondary N) is 1. The fourth-order valence-corrected chi connectivity index (χ4v) is 5.57. The van der Waals surface area contributed by atoms with Crippen LogP contribution in [0.25, 0.3) is 0 Å². The zero-order valence-electron chi connectivity index (χ0n) is 15.8. The number of rotatable bonds is 5. The minimum atomic E-state index is -3.30. The fourth-order valence-electron chi connectivity index (χ4n) is 5.10. The Morgan fingerprint density at radius 3 is 2.78 bits per heavy atom. The summed E-state index contributed by atoms with van der Waals surface area (Å²) in [7, 11) is -3.30. The Bertz CT molecular complexity index is 810. The van der Waals surface area contributed by atoms with Gasteiger partial charge in [-0.2, -0.15) is 4.98 Å². The monoisotopic (exact) mass is 397 g/mol. The van der Waals surface area contributed by atoms with E-state index in [1.165, 1.54) is 6.26 Å². The Morgan fingerprint density at radius 1 is 1.30 bits per heavy atom. The van der Waals surface area contributed by atoms with E-state index in [0.29, 0.717) is 30.6 Å². The topological polar surface area (TPSA) is 109 Å². The first-order chi connectivity index (χ1) is 12.8. The highest BCUT2D eigenvalue weighted by Crippen LogP contribution is 2.41. The number of carbonyl (C=O) groups excluding carboxylic acids is 1. The van der Waals surface area contributed by atoms with E-state index >= 15 is 0 Å². The normalized spacial score (nSPS) is 31.8. The largest absolute Gasteiger partial charge is 0.338 e. The van der Waals surface area contributed by atoms with Crippen LogP contribution in [0.5, 0.6) is 0 Å². The summed E-state index contributed by atoms with van der Waals surface area (Å²) in [5.74, 6) is 2.05. The highest BCUT2D eigenvalue weighted by atomic mass is 32.2. The van der Waals surface area contributed by atoms with Crippen LogP contribution in [0.2, 0.25) is 0 Å². The van der Waals surface area contributed by atoms with Crippen molar-refractivity contribution in [3.05, 3.63) is 11.7 Å². The van der Waals surface area contributed by atoms with Crippen molar-refractivity contribution in [2.24, 2.45) is 11.8 Å². The van der Waals surface area contributed by atoms with Crippen LogP contribution in [0.4, 0.5) is 0 Å². The van der Waals surface area contributed by atoms with Crippen molar-refractivity contribution in [2.75, 3.05) is 25.9 Å². The first-order valence-electron chi connectivity index (χ1n) is 9.57. The Hall–Kier alpha value is -1.52. The predicted molar refractivity (Wildman–Crippen MR) is 97.0 cm³/mol. The van der Waals surface area contributed by atoms with Crippen molar-refractivity contribution in [1.29, 1.82) is 0 Å². The van der Waals surface area contributed by atoms with Gasteiger partial charge >= 0.3 is 0 Å². The molecule has 3 aliphatic heterocycles. The lowest BCUT2D eigenvalue weighted by atomic mass is 9.72. The maximum Gasteiger partial charge on any atom is 0.240 e. The van der Waals surface area contributed by atoms with Gasteiger partial charge in [-0.15, -0.1) is 0 Å². The summed E-state index contributed by atoms with van der Waals surface area (Å²) in [6.45, 7) is 4.38. The van der Waals surface area contributed by atoms with Gasteiger partial charge in [0.25, 0.3) is 0 Å². The number of sulfonamides is 1. The van der Waals surface area contributed by atoms with Gasteiger partial charge in [0.1, 0.15) is 0 Å². The van der Waals surface area contributed by atoms with Crippen molar-refractivity contribution in [1.82, 2.24) is 24.7 Å². The van der Waals surface area contributed by atoms with Gasteiger partial charge in [0.15, 0.2) is 5.82 Å². The highest BCUT2D eigenvalue weighted by Gasteiger charge is 2.49. The van der Waals surface area contributed by atoms with Crippen LogP contribution >= 0.6 is 0 Å². The lowest BCUT2D eigenvalue weighted by Gasteiger charge is -2.56. The average molecular weight is 398 g/mol. The van der Waals surface area contributed by atoms with E-state index in [-0.39, 0.29) is 30.5 Å². The molecule has 150 valence electrons. The second kappa shape index (κ2) is 7.14. The molecular formula is C17H27N5O4S. The first-order valence-corrected chi connectivity index (χ1v) is 11.5. The molecule has 27 heavy (non-hydrogen) atoms. The lowest BCUT2D eigenvalue weighted by molar-refractivity contribution is -0.152. The maximum absolute atomic E-state index is 12.7. The van der Waals surface area contributed by atoms with Crippen molar-refractivity contribution in [3.63, 3.8) is 0 Å². The second-order valence-electron chi connectivity index (χ2n) is 8.13. The molecule has 2 bridgehead atoms. The molecule has 1 aromatic heterocycles. The summed E-state index contributed by atoms with van der Waals surface area (Å²) in [6, 6.07) is 0.0991. The van der Waals surface area contributed by atoms with Gasteiger partial charge in [0, 0.05) is 38.1 Å². The number of hydrogen-bond acceptors (Lipinski definition) is 7. The third-order valence-electron chi connectivity index (χ3n) is 6.06. The van der Waals surface area contributed by atoms with E-state index in [9.17, 15) is 13.2 Å². The van der Waals surface area contributed by atoms with E-state index in [2.05, 4.69) is 19.8 Å². The molecule has 1 amide bonds. The molecule has 0 saturated carbocycles. The quantitative estimate of drug-likeness (QED) is 0.752. The molecular weight excluding hydrogens is 370 g/mol. The van der Waals surface area contributed by atoms with Crippen molar-refractivity contribution < 1.29 is 17.7 Å². The number of carbonyl (C=O) groups is 1. The summed E-state index contributed by atoms with van der Waals surface area (Å²) < 4.78 is 31.2. The molecule has 3 aliphatic rings. The number of amides is 1. The number of piperidine rings is 3. The molecule has 3 fully saturated rings. The third-order valence-corrected chi connectivity index (χ3v) is 6.75. The van der Waals surface area contributed by atoms with E-state index in [1.807, 2.05) is 4.90 Å². The second-order valence-corrected chi connectivity index (χ2v) is 9.97. The number of hydrogen-bond donors (Lipinski definition) is 1. The molecule has 4 atom stereocenters. The summed E-state index contributed by atoms with van der Waals surface area (Å²) in [6.07, 6.45) is 4.67. The van der Waals surface area contributed by atoms with Crippen molar-refractivity contribution in [3.8, 4) is 0 Å². The summed E-state index contributed by atoms with van der Waals surface area (Å²) in [4.78, 5) is 21.3. The number of aromatic nitrogens is 2. The molecule has 0 unspecified atom stereocenters. The van der Waals surface area contributed by atoms with E-state index in [0.717, 1.165) is 32.4 Å². The molecule has 9 nitrogen and oxygen atoms in total. The van der Waals surface area contributed by atoms with Crippen LogP contribution < -0.4 is 4.72 Å². The van der Waals surface area contributed by atoms with Crippen LogP contribution in [-0.4, -0.2) is 72.2 Å². The molecule has 0 spiro atoms. The molecule has 4 rings (SSSR count). The van der Waals surface area contributed by atoms with Crippen LogP contribution in [0.3, 0.4) is 0 Å². The van der Waals surface area contributed by atoms with Gasteiger partial charge in [-0.1, -0.05) is 5.16 Å². The minimum absolute atomic E-state index is 0.0963. The number of nitrogens with zero attached hydrogens (tertiary/aromatic N) is 4. The molecule has 1 N–H and O–H groups in total. The molecule has 1 aromatic rings. The number of likely N-dealkylation sites (tertiary alicyclic amines) is 1. The van der Waals surface area contributed by atoms with Crippen molar-refractivity contribution >= 4 is 15.9 Å². The summed E-state index contributed by atoms with van der Waals surface area (Å²) in [5.41, 5.74) is 0. The molecule has 4 heterocycles. The average Bonchev–Trinajstić information content (AvgIpc) is 2.99. The molecule has 3 saturated heterocycles. The molecule has 0 aromatic carbocycles. The van der Waals surface area contributed by atoms with Crippen molar-refractivity contribution in [2.45, 2.75) is 51.2 Å². The van der Waals surface area contributed by atoms with Gasteiger partial charge in [-0.25, -0.2) is 13.1 Å². The summed E-state index contributed by atoms with van der Waals surface area (Å²) >= 11 is 0. The Balaban J connectivity index is 1.55. The molecule has 10 heteroatoms. The Kier molecular flexibility index (Phi) is 4.98. The SMILES string of the molecule is Cc1noc(CN2C[C@H]3C[C@@H](C2)[C@H](CNS(C)(=O)=O)N2C(=O)CCC[C@@H]32)n1. The van der Waals surface area contributed by atoms with Crippen LogP contribution in [0.1, 0.15) is 37.4 Å². The predicted octanol–water partition coefficient (Wildman–Crippen LogP) is 0.129. The van der Waals surface area contributed by atoms with E-state index < -0.39 is 10.0 Å². The Morgan fingerprint density at radius 2 is 2.07 bits per heavy atom. The highest BCUT2D eigenvalue weighted by molar-refractivity contribution is 7.88. The minimum Gasteiger partial charge on any atom is -0.338 e. The molecule has 0 radical (unpaired) electrons. The third kappa shape index (κ3) is 4.02. The standard InChI is InChI=1S/C17H27N5O4S/c1-11-19-16(26-20-11)10-21-8-12-6-13(9-21)15(7-18-27(2,24)25)22-14(12)4-3-5-17(22)23/h12-15,18H,3-10H2,1-2H3/t12-,13+,14+,15+/m1/s1. The van der Waals surface area contributed by atoms with Gasteiger partial charge in [-0.3, -0.25) is 9.69 Å². The fraction of sp³-hybridized carbons (Fsp3) is 0.824. The lowest BCUT2D eigenvalue weighted by Crippen LogP contribution is -2.66. The molecule has 0 aliphatic carbocycles. The smallest absolute Gasteiger partial charge is 0.240 e.